The zero-order valence-electron chi connectivity index (χ0n) is 16.3. The van der Waals surface area contributed by atoms with Crippen molar-refractivity contribution in [1.29, 1.82) is 0 Å². The lowest BCUT2D eigenvalue weighted by Gasteiger charge is -2.21. The van der Waals surface area contributed by atoms with Gasteiger partial charge in [0, 0.05) is 25.2 Å². The lowest BCUT2D eigenvalue weighted by atomic mass is 10.1. The van der Waals surface area contributed by atoms with E-state index in [1.54, 1.807) is 0 Å². The first-order chi connectivity index (χ1) is 11.5. The fourth-order valence-corrected chi connectivity index (χ4v) is 2.83. The lowest BCUT2D eigenvalue weighted by molar-refractivity contribution is 0.292. The molecule has 0 aliphatic rings. The number of hydrogen-bond donors (Lipinski definition) is 2. The molecular formula is C18H35N5O. The van der Waals surface area contributed by atoms with E-state index in [0.29, 0.717) is 6.04 Å². The summed E-state index contributed by atoms with van der Waals surface area (Å²) in [6.45, 7) is 14.8. The summed E-state index contributed by atoms with van der Waals surface area (Å²) < 4.78 is 5.20. The van der Waals surface area contributed by atoms with Gasteiger partial charge in [-0.3, -0.25) is 4.99 Å². The van der Waals surface area contributed by atoms with Gasteiger partial charge in [0.05, 0.1) is 5.69 Å². The first-order valence-corrected chi connectivity index (χ1v) is 9.13. The number of guanidine groups is 1. The SMILES string of the molecule is CCN(CC)CCCC(C)NC(=NC)NCCc1c(C)noc1C. The summed E-state index contributed by atoms with van der Waals surface area (Å²) in [4.78, 5) is 6.77. The van der Waals surface area contributed by atoms with Crippen LogP contribution < -0.4 is 10.6 Å². The van der Waals surface area contributed by atoms with E-state index in [4.69, 9.17) is 4.52 Å². The molecule has 0 aliphatic carbocycles. The van der Waals surface area contributed by atoms with Crippen LogP contribution in [0.4, 0.5) is 0 Å². The van der Waals surface area contributed by atoms with Gasteiger partial charge in [0.1, 0.15) is 5.76 Å². The van der Waals surface area contributed by atoms with Crippen molar-refractivity contribution < 1.29 is 4.52 Å². The molecule has 0 aromatic carbocycles. The maximum atomic E-state index is 5.20. The number of aromatic nitrogens is 1. The maximum absolute atomic E-state index is 5.20. The molecule has 0 amide bonds. The number of nitrogens with one attached hydrogen (secondary N) is 2. The molecule has 0 saturated carbocycles. The van der Waals surface area contributed by atoms with Crippen molar-refractivity contribution in [2.45, 2.75) is 59.9 Å². The molecule has 0 fully saturated rings. The number of aryl methyl sites for hydroxylation is 2. The third-order valence-electron chi connectivity index (χ3n) is 4.46. The molecule has 1 rings (SSSR count). The summed E-state index contributed by atoms with van der Waals surface area (Å²) in [5, 5.41) is 10.8. The van der Waals surface area contributed by atoms with Gasteiger partial charge in [0.25, 0.3) is 0 Å². The van der Waals surface area contributed by atoms with Gasteiger partial charge in [-0.2, -0.15) is 0 Å². The smallest absolute Gasteiger partial charge is 0.191 e. The Hall–Kier alpha value is -1.56. The molecule has 0 bridgehead atoms. The third kappa shape index (κ3) is 6.91. The summed E-state index contributed by atoms with van der Waals surface area (Å²) >= 11 is 0. The Morgan fingerprint density at radius 1 is 1.29 bits per heavy atom. The van der Waals surface area contributed by atoms with E-state index in [1.807, 2.05) is 20.9 Å². The molecule has 1 aromatic rings. The summed E-state index contributed by atoms with van der Waals surface area (Å²) in [5.41, 5.74) is 2.16. The van der Waals surface area contributed by atoms with Gasteiger partial charge in [-0.25, -0.2) is 0 Å². The van der Waals surface area contributed by atoms with Crippen molar-refractivity contribution in [1.82, 2.24) is 20.7 Å². The zero-order chi connectivity index (χ0) is 17.9. The monoisotopic (exact) mass is 337 g/mol. The van der Waals surface area contributed by atoms with Crippen molar-refractivity contribution in [3.05, 3.63) is 17.0 Å². The fraction of sp³-hybridized carbons (Fsp3) is 0.778. The largest absolute Gasteiger partial charge is 0.361 e. The van der Waals surface area contributed by atoms with Crippen molar-refractivity contribution >= 4 is 5.96 Å². The molecule has 1 unspecified atom stereocenters. The highest BCUT2D eigenvalue weighted by Gasteiger charge is 2.10. The summed E-state index contributed by atoms with van der Waals surface area (Å²) in [6.07, 6.45) is 3.23. The van der Waals surface area contributed by atoms with E-state index in [9.17, 15) is 0 Å². The van der Waals surface area contributed by atoms with Crippen molar-refractivity contribution in [3.63, 3.8) is 0 Å². The first kappa shape index (κ1) is 20.5. The normalized spacial score (nSPS) is 13.4. The summed E-state index contributed by atoms with van der Waals surface area (Å²) in [6, 6.07) is 0.408. The highest BCUT2D eigenvalue weighted by atomic mass is 16.5. The molecule has 0 saturated heterocycles. The van der Waals surface area contributed by atoms with Crippen LogP contribution in [0.5, 0.6) is 0 Å². The number of nitrogens with zero attached hydrogens (tertiary/aromatic N) is 3. The predicted molar refractivity (Wildman–Crippen MR) is 101 cm³/mol. The van der Waals surface area contributed by atoms with Gasteiger partial charge >= 0.3 is 0 Å². The topological polar surface area (TPSA) is 65.7 Å². The molecule has 1 aromatic heterocycles. The Morgan fingerprint density at radius 2 is 2.00 bits per heavy atom. The molecule has 0 aliphatic heterocycles. The molecule has 24 heavy (non-hydrogen) atoms. The molecule has 1 heterocycles. The minimum Gasteiger partial charge on any atom is -0.361 e. The van der Waals surface area contributed by atoms with Gasteiger partial charge in [0.2, 0.25) is 0 Å². The van der Waals surface area contributed by atoms with Gasteiger partial charge in [0.15, 0.2) is 5.96 Å². The third-order valence-corrected chi connectivity index (χ3v) is 4.46. The van der Waals surface area contributed by atoms with Crippen LogP contribution in [0.15, 0.2) is 9.52 Å². The Labute approximate surface area is 147 Å². The van der Waals surface area contributed by atoms with Crippen molar-refractivity contribution in [2.75, 3.05) is 33.2 Å². The molecule has 2 N–H and O–H groups in total. The molecule has 138 valence electrons. The van der Waals surface area contributed by atoms with Crippen LogP contribution in [0.25, 0.3) is 0 Å². The van der Waals surface area contributed by atoms with E-state index >= 15 is 0 Å². The zero-order valence-corrected chi connectivity index (χ0v) is 16.3. The standard InChI is InChI=1S/C18H35N5O/c1-7-23(8-2)13-9-10-14(3)21-18(19-6)20-12-11-17-15(4)22-24-16(17)5/h14H,7-13H2,1-6H3,(H2,19,20,21). The van der Waals surface area contributed by atoms with Gasteiger partial charge in [-0.1, -0.05) is 19.0 Å². The second kappa shape index (κ2) is 11.1. The van der Waals surface area contributed by atoms with E-state index in [-0.39, 0.29) is 0 Å². The molecule has 0 spiro atoms. The number of aliphatic imine (C=N–C) groups is 1. The highest BCUT2D eigenvalue weighted by Crippen LogP contribution is 2.12. The van der Waals surface area contributed by atoms with Gasteiger partial charge in [-0.05, 0) is 59.7 Å². The summed E-state index contributed by atoms with van der Waals surface area (Å²) in [5.74, 6) is 1.76. The highest BCUT2D eigenvalue weighted by molar-refractivity contribution is 5.79. The van der Waals surface area contributed by atoms with Crippen LogP contribution in [0.1, 0.15) is 50.6 Å². The number of hydrogen-bond acceptors (Lipinski definition) is 4. The fourth-order valence-electron chi connectivity index (χ4n) is 2.83. The van der Waals surface area contributed by atoms with Crippen molar-refractivity contribution in [3.8, 4) is 0 Å². The molecule has 6 heteroatoms. The van der Waals surface area contributed by atoms with E-state index in [0.717, 1.165) is 56.4 Å². The first-order valence-electron chi connectivity index (χ1n) is 9.13. The maximum Gasteiger partial charge on any atom is 0.191 e. The van der Waals surface area contributed by atoms with Gasteiger partial charge in [-0.15, -0.1) is 0 Å². The Bertz CT molecular complexity index is 474. The minimum absolute atomic E-state index is 0.408. The van der Waals surface area contributed by atoms with E-state index < -0.39 is 0 Å². The Balaban J connectivity index is 2.29. The van der Waals surface area contributed by atoms with Crippen LogP contribution >= 0.6 is 0 Å². The second-order valence-electron chi connectivity index (χ2n) is 6.27. The van der Waals surface area contributed by atoms with Crippen LogP contribution in [0.3, 0.4) is 0 Å². The average molecular weight is 338 g/mol. The van der Waals surface area contributed by atoms with Gasteiger partial charge < -0.3 is 20.1 Å². The van der Waals surface area contributed by atoms with Crippen LogP contribution in [-0.2, 0) is 6.42 Å². The second-order valence-corrected chi connectivity index (χ2v) is 6.27. The Morgan fingerprint density at radius 3 is 2.54 bits per heavy atom. The molecule has 1 atom stereocenters. The lowest BCUT2D eigenvalue weighted by Crippen LogP contribution is -2.43. The van der Waals surface area contributed by atoms with Crippen LogP contribution in [0, 0.1) is 13.8 Å². The van der Waals surface area contributed by atoms with E-state index in [1.165, 1.54) is 12.0 Å². The quantitative estimate of drug-likeness (QED) is 0.507. The molecular weight excluding hydrogens is 302 g/mol. The van der Waals surface area contributed by atoms with Crippen LogP contribution in [-0.4, -0.2) is 55.3 Å². The minimum atomic E-state index is 0.408. The van der Waals surface area contributed by atoms with Crippen molar-refractivity contribution in [2.24, 2.45) is 4.99 Å². The summed E-state index contributed by atoms with van der Waals surface area (Å²) in [7, 11) is 1.81. The van der Waals surface area contributed by atoms with E-state index in [2.05, 4.69) is 46.5 Å². The average Bonchev–Trinajstić information content (AvgIpc) is 2.89. The predicted octanol–water partition coefficient (Wildman–Crippen LogP) is 2.51. The van der Waals surface area contributed by atoms with Crippen LogP contribution in [0.2, 0.25) is 0 Å². The Kier molecular flexibility index (Phi) is 9.45. The molecule has 0 radical (unpaired) electrons. The molecule has 6 nitrogen and oxygen atoms in total. The number of rotatable bonds is 10.